The lowest BCUT2D eigenvalue weighted by molar-refractivity contribution is 0.253. The molecule has 4 nitrogen and oxygen atoms in total. The number of hydrogen-bond acceptors (Lipinski definition) is 2. The average molecular weight is 260 g/mol. The van der Waals surface area contributed by atoms with Crippen LogP contribution < -0.4 is 21.4 Å². The lowest BCUT2D eigenvalue weighted by Crippen LogP contribution is -2.35. The third-order valence-corrected chi connectivity index (χ3v) is 5.09. The van der Waals surface area contributed by atoms with Gasteiger partial charge in [0, 0.05) is 10.6 Å². The van der Waals surface area contributed by atoms with Gasteiger partial charge >= 0.3 is 6.03 Å². The van der Waals surface area contributed by atoms with Gasteiger partial charge in [-0.2, -0.15) is 0 Å². The highest BCUT2D eigenvalue weighted by Crippen LogP contribution is 2.38. The summed E-state index contributed by atoms with van der Waals surface area (Å²) in [6.45, 7) is 0. The Morgan fingerprint density at radius 3 is 1.61 bits per heavy atom. The fraction of sp³-hybridized carbons (Fsp3) is 0. The van der Waals surface area contributed by atoms with E-state index in [1.54, 1.807) is 48.5 Å². The molecule has 0 spiro atoms. The molecule has 0 aliphatic carbocycles. The molecule has 0 fully saturated rings. The van der Waals surface area contributed by atoms with Gasteiger partial charge in [-0.1, -0.05) is 36.4 Å². The van der Waals surface area contributed by atoms with Crippen molar-refractivity contribution in [1.82, 2.24) is 5.09 Å². The predicted octanol–water partition coefficient (Wildman–Crippen LogP) is 1.58. The zero-order valence-corrected chi connectivity index (χ0v) is 10.5. The highest BCUT2D eigenvalue weighted by Gasteiger charge is 2.28. The minimum atomic E-state index is -3.20. The number of urea groups is 1. The molecule has 2 aromatic carbocycles. The maximum absolute atomic E-state index is 13.0. The summed E-state index contributed by atoms with van der Waals surface area (Å²) in [7, 11) is -3.20. The Kier molecular flexibility index (Phi) is 3.49. The molecule has 2 aromatic rings. The molecule has 0 bridgehead atoms. The number of nitrogens with two attached hydrogens (primary N) is 1. The Morgan fingerprint density at radius 2 is 1.28 bits per heavy atom. The molecule has 0 aromatic heterocycles. The van der Waals surface area contributed by atoms with Gasteiger partial charge < -0.3 is 5.73 Å². The van der Waals surface area contributed by atoms with E-state index in [1.165, 1.54) is 0 Å². The molecule has 0 radical (unpaired) electrons. The number of nitrogens with one attached hydrogen (secondary N) is 1. The second-order valence-corrected chi connectivity index (χ2v) is 6.23. The van der Waals surface area contributed by atoms with Crippen LogP contribution in [0.2, 0.25) is 0 Å². The molecule has 0 atom stereocenters. The SMILES string of the molecule is NC(=O)NP(=O)(c1ccccc1)c1ccccc1. The van der Waals surface area contributed by atoms with Gasteiger partial charge in [-0.15, -0.1) is 0 Å². The molecule has 2 amide bonds. The van der Waals surface area contributed by atoms with Gasteiger partial charge in [0.05, 0.1) is 0 Å². The highest BCUT2D eigenvalue weighted by atomic mass is 31.2. The van der Waals surface area contributed by atoms with Crippen molar-refractivity contribution in [1.29, 1.82) is 0 Å². The molecule has 3 N–H and O–H groups in total. The fourth-order valence-electron chi connectivity index (χ4n) is 1.71. The van der Waals surface area contributed by atoms with Crippen molar-refractivity contribution in [3.8, 4) is 0 Å². The first-order valence-corrected chi connectivity index (χ1v) is 7.12. The highest BCUT2D eigenvalue weighted by molar-refractivity contribution is 7.77. The van der Waals surface area contributed by atoms with Crippen LogP contribution in [-0.2, 0) is 4.57 Å². The Bertz CT molecular complexity index is 541. The van der Waals surface area contributed by atoms with E-state index in [2.05, 4.69) is 5.09 Å². The van der Waals surface area contributed by atoms with Gasteiger partial charge in [0.1, 0.15) is 0 Å². The van der Waals surface area contributed by atoms with Crippen molar-refractivity contribution in [3.63, 3.8) is 0 Å². The molecule has 2 rings (SSSR count). The Hall–Kier alpha value is -2.06. The van der Waals surface area contributed by atoms with Gasteiger partial charge in [0.25, 0.3) is 0 Å². The molecule has 92 valence electrons. The minimum absolute atomic E-state index is 0.551. The minimum Gasteiger partial charge on any atom is -0.351 e. The summed E-state index contributed by atoms with van der Waals surface area (Å²) in [5.74, 6) is 0. The van der Waals surface area contributed by atoms with Gasteiger partial charge in [0.15, 0.2) is 0 Å². The van der Waals surface area contributed by atoms with Crippen molar-refractivity contribution < 1.29 is 9.36 Å². The van der Waals surface area contributed by atoms with Crippen LogP contribution in [0, 0.1) is 0 Å². The number of primary amides is 1. The summed E-state index contributed by atoms with van der Waals surface area (Å²) in [6.07, 6.45) is 0. The van der Waals surface area contributed by atoms with E-state index in [9.17, 15) is 9.36 Å². The number of benzene rings is 2. The van der Waals surface area contributed by atoms with Crippen LogP contribution in [0.15, 0.2) is 60.7 Å². The normalized spacial score (nSPS) is 10.9. The number of carbonyl (C=O) groups is 1. The third-order valence-electron chi connectivity index (χ3n) is 2.51. The maximum Gasteiger partial charge on any atom is 0.318 e. The standard InChI is InChI=1S/C13H13N2O2P/c14-13(16)15-18(17,11-7-3-1-4-8-11)12-9-5-2-6-10-12/h1-10H,(H3,14,15,16,17). The van der Waals surface area contributed by atoms with Crippen LogP contribution in [0.25, 0.3) is 0 Å². The van der Waals surface area contributed by atoms with E-state index < -0.39 is 13.3 Å². The van der Waals surface area contributed by atoms with Crippen LogP contribution >= 0.6 is 7.29 Å². The lowest BCUT2D eigenvalue weighted by atomic mass is 10.4. The summed E-state index contributed by atoms with van der Waals surface area (Å²) in [6, 6.07) is 16.8. The second kappa shape index (κ2) is 5.07. The zero-order valence-electron chi connectivity index (χ0n) is 9.61. The molecule has 0 saturated heterocycles. The summed E-state index contributed by atoms with van der Waals surface area (Å²) < 4.78 is 13.0. The van der Waals surface area contributed by atoms with Crippen LogP contribution in [0.1, 0.15) is 0 Å². The van der Waals surface area contributed by atoms with E-state index in [4.69, 9.17) is 5.73 Å². The largest absolute Gasteiger partial charge is 0.351 e. The molecular formula is C13H13N2O2P. The molecule has 0 unspecified atom stereocenters. The Balaban J connectivity index is 2.55. The molecule has 5 heteroatoms. The van der Waals surface area contributed by atoms with Gasteiger partial charge in [0.2, 0.25) is 7.29 Å². The van der Waals surface area contributed by atoms with Crippen molar-refractivity contribution in [3.05, 3.63) is 60.7 Å². The van der Waals surface area contributed by atoms with Crippen LogP contribution in [0.4, 0.5) is 4.79 Å². The monoisotopic (exact) mass is 260 g/mol. The molecule has 18 heavy (non-hydrogen) atoms. The topological polar surface area (TPSA) is 72.2 Å². The summed E-state index contributed by atoms with van der Waals surface area (Å²) >= 11 is 0. The zero-order chi connectivity index (χ0) is 13.0. The van der Waals surface area contributed by atoms with Gasteiger partial charge in [-0.25, -0.2) is 4.79 Å². The van der Waals surface area contributed by atoms with Crippen molar-refractivity contribution in [2.45, 2.75) is 0 Å². The second-order valence-electron chi connectivity index (χ2n) is 3.76. The lowest BCUT2D eigenvalue weighted by Gasteiger charge is -2.19. The van der Waals surface area contributed by atoms with Crippen LogP contribution in [0.5, 0.6) is 0 Å². The third kappa shape index (κ3) is 2.44. The van der Waals surface area contributed by atoms with Crippen molar-refractivity contribution >= 4 is 23.9 Å². The summed E-state index contributed by atoms with van der Waals surface area (Å²) in [5, 5.41) is 3.49. The molecule has 0 saturated carbocycles. The maximum atomic E-state index is 13.0. The molecular weight excluding hydrogens is 247 g/mol. The Labute approximate surface area is 105 Å². The van der Waals surface area contributed by atoms with Gasteiger partial charge in [-0.05, 0) is 24.3 Å². The molecule has 0 heterocycles. The first-order chi connectivity index (χ1) is 8.63. The van der Waals surface area contributed by atoms with Crippen molar-refractivity contribution in [2.24, 2.45) is 5.73 Å². The number of carbonyl (C=O) groups excluding carboxylic acids is 1. The average Bonchev–Trinajstić information content (AvgIpc) is 2.40. The van der Waals surface area contributed by atoms with Gasteiger partial charge in [-0.3, -0.25) is 9.65 Å². The van der Waals surface area contributed by atoms with E-state index >= 15 is 0 Å². The van der Waals surface area contributed by atoms with E-state index in [-0.39, 0.29) is 0 Å². The first-order valence-electron chi connectivity index (χ1n) is 5.42. The summed E-state index contributed by atoms with van der Waals surface area (Å²) in [4.78, 5) is 11.1. The van der Waals surface area contributed by atoms with E-state index in [0.29, 0.717) is 10.6 Å². The van der Waals surface area contributed by atoms with E-state index in [1.807, 2.05) is 12.1 Å². The quantitative estimate of drug-likeness (QED) is 0.822. The van der Waals surface area contributed by atoms with Crippen LogP contribution in [-0.4, -0.2) is 6.03 Å². The fourth-order valence-corrected chi connectivity index (χ4v) is 3.76. The number of rotatable bonds is 3. The predicted molar refractivity (Wildman–Crippen MR) is 72.5 cm³/mol. The Morgan fingerprint density at radius 1 is 0.889 bits per heavy atom. The summed E-state index contributed by atoms with van der Waals surface area (Å²) in [5.41, 5.74) is 5.13. The molecule has 0 aliphatic heterocycles. The van der Waals surface area contributed by atoms with Crippen LogP contribution in [0.3, 0.4) is 0 Å². The number of amides is 2. The van der Waals surface area contributed by atoms with Crippen molar-refractivity contribution in [2.75, 3.05) is 0 Å². The first kappa shape index (κ1) is 12.4. The van der Waals surface area contributed by atoms with E-state index in [0.717, 1.165) is 0 Å². The smallest absolute Gasteiger partial charge is 0.318 e. The molecule has 0 aliphatic rings. The number of hydrogen-bond donors (Lipinski definition) is 2.